The van der Waals surface area contributed by atoms with E-state index in [4.69, 9.17) is 15.6 Å². The summed E-state index contributed by atoms with van der Waals surface area (Å²) < 4.78 is 5.49. The Morgan fingerprint density at radius 2 is 2.24 bits per heavy atom. The van der Waals surface area contributed by atoms with Gasteiger partial charge in [-0.1, -0.05) is 6.07 Å². The van der Waals surface area contributed by atoms with Crippen LogP contribution >= 0.6 is 0 Å². The van der Waals surface area contributed by atoms with Crippen LogP contribution < -0.4 is 15.4 Å². The van der Waals surface area contributed by atoms with Crippen molar-refractivity contribution in [2.24, 2.45) is 0 Å². The minimum absolute atomic E-state index is 0.148. The van der Waals surface area contributed by atoms with E-state index in [1.807, 2.05) is 25.1 Å². The molecule has 1 aliphatic carbocycles. The van der Waals surface area contributed by atoms with Crippen LogP contribution in [0.25, 0.3) is 0 Å². The van der Waals surface area contributed by atoms with Crippen molar-refractivity contribution in [3.8, 4) is 5.75 Å². The fraction of sp³-hybridized carbons (Fsp3) is 0.538. The molecule has 0 spiro atoms. The van der Waals surface area contributed by atoms with E-state index in [-0.39, 0.29) is 6.61 Å². The number of rotatable bonds is 6. The number of hydrogen-bond donors (Lipinski definition) is 2. The molecule has 0 heterocycles. The fourth-order valence-electron chi connectivity index (χ4n) is 2.06. The number of anilines is 2. The third kappa shape index (κ3) is 2.64. The zero-order valence-corrected chi connectivity index (χ0v) is 10.2. The average Bonchev–Trinajstić information content (AvgIpc) is 3.14. The molecule has 4 heteroatoms. The topological polar surface area (TPSA) is 58.7 Å². The Morgan fingerprint density at radius 3 is 2.82 bits per heavy atom. The molecule has 0 aromatic heterocycles. The van der Waals surface area contributed by atoms with E-state index in [1.165, 1.54) is 12.8 Å². The maximum atomic E-state index is 9.12. The molecule has 2 rings (SSSR count). The Labute approximate surface area is 102 Å². The first-order chi connectivity index (χ1) is 8.27. The lowest BCUT2D eigenvalue weighted by molar-refractivity contribution is 0.301. The van der Waals surface area contributed by atoms with Crippen LogP contribution in [0, 0.1) is 0 Å². The molecule has 4 nitrogen and oxygen atoms in total. The van der Waals surface area contributed by atoms with Crippen LogP contribution in [0.4, 0.5) is 11.4 Å². The summed E-state index contributed by atoms with van der Waals surface area (Å²) in [6, 6.07) is 6.35. The molecule has 94 valence electrons. The quantitative estimate of drug-likeness (QED) is 0.737. The number of nitrogens with two attached hydrogens (primary N) is 1. The summed E-state index contributed by atoms with van der Waals surface area (Å²) in [6.07, 6.45) is 2.36. The molecule has 17 heavy (non-hydrogen) atoms. The molecule has 1 aliphatic rings. The van der Waals surface area contributed by atoms with Crippen molar-refractivity contribution in [3.63, 3.8) is 0 Å². The van der Waals surface area contributed by atoms with Gasteiger partial charge in [-0.25, -0.2) is 0 Å². The molecule has 1 fully saturated rings. The second kappa shape index (κ2) is 5.27. The second-order valence-electron chi connectivity index (χ2n) is 4.27. The molecule has 0 saturated heterocycles. The summed E-state index contributed by atoms with van der Waals surface area (Å²) in [5.41, 5.74) is 7.77. The molecule has 1 aromatic carbocycles. The van der Waals surface area contributed by atoms with Crippen LogP contribution in [0.2, 0.25) is 0 Å². The van der Waals surface area contributed by atoms with Gasteiger partial charge in [0.15, 0.2) is 0 Å². The molecule has 1 aromatic rings. The van der Waals surface area contributed by atoms with Crippen LogP contribution in [-0.2, 0) is 0 Å². The monoisotopic (exact) mass is 236 g/mol. The van der Waals surface area contributed by atoms with E-state index in [2.05, 4.69) is 4.90 Å². The predicted molar refractivity (Wildman–Crippen MR) is 69.5 cm³/mol. The second-order valence-corrected chi connectivity index (χ2v) is 4.27. The highest BCUT2D eigenvalue weighted by Crippen LogP contribution is 2.38. The van der Waals surface area contributed by atoms with Gasteiger partial charge in [-0.2, -0.15) is 0 Å². The molecule has 0 amide bonds. The van der Waals surface area contributed by atoms with Gasteiger partial charge < -0.3 is 20.5 Å². The van der Waals surface area contributed by atoms with Gasteiger partial charge in [0.1, 0.15) is 5.75 Å². The highest BCUT2D eigenvalue weighted by Gasteiger charge is 2.30. The SMILES string of the molecule is CCOc1cccc(N(CCO)C2CC2)c1N. The molecular weight excluding hydrogens is 216 g/mol. The van der Waals surface area contributed by atoms with Gasteiger partial charge in [0, 0.05) is 12.6 Å². The van der Waals surface area contributed by atoms with Gasteiger partial charge in [-0.3, -0.25) is 0 Å². The van der Waals surface area contributed by atoms with Gasteiger partial charge in [-0.05, 0) is 31.9 Å². The van der Waals surface area contributed by atoms with Gasteiger partial charge in [0.05, 0.1) is 24.6 Å². The fourth-order valence-corrected chi connectivity index (χ4v) is 2.06. The smallest absolute Gasteiger partial charge is 0.144 e. The molecular formula is C13H20N2O2. The molecule has 0 aliphatic heterocycles. The van der Waals surface area contributed by atoms with Crippen molar-refractivity contribution in [2.45, 2.75) is 25.8 Å². The van der Waals surface area contributed by atoms with Crippen molar-refractivity contribution in [3.05, 3.63) is 18.2 Å². The Kier molecular flexibility index (Phi) is 3.74. The number of para-hydroxylation sites is 1. The van der Waals surface area contributed by atoms with Crippen LogP contribution in [-0.4, -0.2) is 30.9 Å². The average molecular weight is 236 g/mol. The van der Waals surface area contributed by atoms with Gasteiger partial charge >= 0.3 is 0 Å². The lowest BCUT2D eigenvalue weighted by Gasteiger charge is -2.26. The number of aliphatic hydroxyl groups is 1. The molecule has 0 radical (unpaired) electrons. The molecule has 3 N–H and O–H groups in total. The van der Waals surface area contributed by atoms with Gasteiger partial charge in [0.25, 0.3) is 0 Å². The van der Waals surface area contributed by atoms with Crippen LogP contribution in [0.3, 0.4) is 0 Å². The van der Waals surface area contributed by atoms with Gasteiger partial charge in [-0.15, -0.1) is 0 Å². The largest absolute Gasteiger partial charge is 0.492 e. The summed E-state index contributed by atoms with van der Waals surface area (Å²) in [4.78, 5) is 2.18. The summed E-state index contributed by atoms with van der Waals surface area (Å²) in [6.45, 7) is 3.33. The lowest BCUT2D eigenvalue weighted by atomic mass is 10.2. The number of hydrogen-bond acceptors (Lipinski definition) is 4. The Morgan fingerprint density at radius 1 is 1.47 bits per heavy atom. The Hall–Kier alpha value is -1.42. The maximum absolute atomic E-state index is 9.12. The van der Waals surface area contributed by atoms with E-state index < -0.39 is 0 Å². The number of nitrogens with zero attached hydrogens (tertiary/aromatic N) is 1. The van der Waals surface area contributed by atoms with Crippen LogP contribution in [0.5, 0.6) is 5.75 Å². The zero-order chi connectivity index (χ0) is 12.3. The summed E-state index contributed by atoms with van der Waals surface area (Å²) in [5.74, 6) is 0.730. The van der Waals surface area contributed by atoms with Crippen LogP contribution in [0.1, 0.15) is 19.8 Å². The predicted octanol–water partition coefficient (Wildman–Crippen LogP) is 1.63. The van der Waals surface area contributed by atoms with Crippen molar-refractivity contribution in [1.29, 1.82) is 0 Å². The summed E-state index contributed by atoms with van der Waals surface area (Å²) >= 11 is 0. The number of ether oxygens (including phenoxy) is 1. The standard InChI is InChI=1S/C13H20N2O2/c1-2-17-12-5-3-4-11(13(12)14)15(8-9-16)10-6-7-10/h3-5,10,16H,2,6-9,14H2,1H3. The third-order valence-corrected chi connectivity index (χ3v) is 2.98. The Balaban J connectivity index is 2.25. The minimum atomic E-state index is 0.148. The van der Waals surface area contributed by atoms with E-state index >= 15 is 0 Å². The normalized spacial score (nSPS) is 14.7. The van der Waals surface area contributed by atoms with Crippen molar-refractivity contribution in [1.82, 2.24) is 0 Å². The minimum Gasteiger partial charge on any atom is -0.492 e. The highest BCUT2D eigenvalue weighted by atomic mass is 16.5. The van der Waals surface area contributed by atoms with Crippen LogP contribution in [0.15, 0.2) is 18.2 Å². The number of aliphatic hydroxyl groups excluding tert-OH is 1. The number of benzene rings is 1. The zero-order valence-electron chi connectivity index (χ0n) is 10.2. The lowest BCUT2D eigenvalue weighted by Crippen LogP contribution is -2.29. The highest BCUT2D eigenvalue weighted by molar-refractivity contribution is 5.74. The first-order valence-electron chi connectivity index (χ1n) is 6.16. The van der Waals surface area contributed by atoms with E-state index in [0.717, 1.165) is 11.4 Å². The van der Waals surface area contributed by atoms with Crippen molar-refractivity contribution < 1.29 is 9.84 Å². The summed E-state index contributed by atoms with van der Waals surface area (Å²) in [5, 5.41) is 9.12. The first kappa shape index (κ1) is 12.0. The molecule has 0 unspecified atom stereocenters. The van der Waals surface area contributed by atoms with Crippen molar-refractivity contribution >= 4 is 11.4 Å². The molecule has 0 bridgehead atoms. The van der Waals surface area contributed by atoms with Gasteiger partial charge in [0.2, 0.25) is 0 Å². The maximum Gasteiger partial charge on any atom is 0.144 e. The van der Waals surface area contributed by atoms with E-state index in [0.29, 0.717) is 24.9 Å². The molecule has 0 atom stereocenters. The third-order valence-electron chi connectivity index (χ3n) is 2.98. The van der Waals surface area contributed by atoms with E-state index in [9.17, 15) is 0 Å². The summed E-state index contributed by atoms with van der Waals surface area (Å²) in [7, 11) is 0. The first-order valence-corrected chi connectivity index (χ1v) is 6.16. The van der Waals surface area contributed by atoms with E-state index in [1.54, 1.807) is 0 Å². The van der Waals surface area contributed by atoms with Crippen molar-refractivity contribution in [2.75, 3.05) is 30.4 Å². The number of nitrogen functional groups attached to an aromatic ring is 1. The Bertz CT molecular complexity index is 378. The molecule has 1 saturated carbocycles.